The van der Waals surface area contributed by atoms with Crippen LogP contribution in [0.5, 0.6) is 0 Å². The molecule has 1 aliphatic rings. The van der Waals surface area contributed by atoms with Crippen molar-refractivity contribution in [1.29, 1.82) is 0 Å². The van der Waals surface area contributed by atoms with Crippen molar-refractivity contribution in [3.05, 3.63) is 29.8 Å². The number of hydrogen-bond acceptors (Lipinski definition) is 2. The van der Waals surface area contributed by atoms with Crippen molar-refractivity contribution in [2.75, 3.05) is 6.54 Å². The molecule has 1 nitrogen and oxygen atoms in total. The molecule has 0 bridgehead atoms. The molecule has 0 radical (unpaired) electrons. The first-order valence-electron chi connectivity index (χ1n) is 4.87. The molecule has 1 unspecified atom stereocenters. The van der Waals surface area contributed by atoms with Crippen LogP contribution < -0.4 is 4.72 Å². The fourth-order valence-corrected chi connectivity index (χ4v) is 2.58. The smallest absolute Gasteiger partial charge is 0.0260 e. The maximum Gasteiger partial charge on any atom is 0.0260 e. The Hall–Kier alpha value is -0.470. The number of nitrogens with one attached hydrogen (secondary N) is 1. The molecule has 0 amide bonds. The molecule has 2 heteroatoms. The zero-order chi connectivity index (χ0) is 9.10. The van der Waals surface area contributed by atoms with Crippen molar-refractivity contribution in [2.24, 2.45) is 5.92 Å². The molecule has 1 aromatic rings. The van der Waals surface area contributed by atoms with Gasteiger partial charge in [0.15, 0.2) is 0 Å². The van der Waals surface area contributed by atoms with Crippen LogP contribution in [-0.4, -0.2) is 6.54 Å². The third kappa shape index (κ3) is 2.06. The summed E-state index contributed by atoms with van der Waals surface area (Å²) in [7, 11) is 0. The van der Waals surface area contributed by atoms with E-state index in [4.69, 9.17) is 0 Å². The maximum atomic E-state index is 3.42. The van der Waals surface area contributed by atoms with E-state index in [2.05, 4.69) is 35.9 Å². The summed E-state index contributed by atoms with van der Waals surface area (Å²) >= 11 is 1.78. The van der Waals surface area contributed by atoms with E-state index < -0.39 is 0 Å². The van der Waals surface area contributed by atoms with E-state index in [-0.39, 0.29) is 0 Å². The van der Waals surface area contributed by atoms with Crippen molar-refractivity contribution < 1.29 is 0 Å². The van der Waals surface area contributed by atoms with Crippen LogP contribution in [0.3, 0.4) is 0 Å². The normalized spacial score (nSPS) is 22.1. The first-order chi connectivity index (χ1) is 6.40. The van der Waals surface area contributed by atoms with Crippen LogP contribution in [0.2, 0.25) is 0 Å². The van der Waals surface area contributed by atoms with Gasteiger partial charge in [0.05, 0.1) is 0 Å². The summed E-state index contributed by atoms with van der Waals surface area (Å²) in [6, 6.07) is 8.69. The predicted octanol–water partition coefficient (Wildman–Crippen LogP) is 2.87. The molecule has 13 heavy (non-hydrogen) atoms. The topological polar surface area (TPSA) is 12.0 Å². The lowest BCUT2D eigenvalue weighted by Crippen LogP contribution is -2.15. The number of hydrogen-bond donors (Lipinski definition) is 1. The molecule has 0 aromatic heterocycles. The van der Waals surface area contributed by atoms with Crippen LogP contribution in [-0.2, 0) is 6.42 Å². The van der Waals surface area contributed by atoms with E-state index >= 15 is 0 Å². The van der Waals surface area contributed by atoms with Crippen LogP contribution in [0, 0.1) is 5.92 Å². The first-order valence-corrected chi connectivity index (χ1v) is 5.69. The average Bonchev–Trinajstić information content (AvgIpc) is 2.38. The summed E-state index contributed by atoms with van der Waals surface area (Å²) < 4.78 is 3.42. The largest absolute Gasteiger partial charge is 0.260 e. The van der Waals surface area contributed by atoms with Gasteiger partial charge in [-0.05, 0) is 35.9 Å². The Kier molecular flexibility index (Phi) is 2.91. The lowest BCUT2D eigenvalue weighted by molar-refractivity contribution is 0.507. The second-order valence-corrected chi connectivity index (χ2v) is 4.47. The van der Waals surface area contributed by atoms with Gasteiger partial charge in [-0.2, -0.15) is 0 Å². The highest BCUT2D eigenvalue weighted by Crippen LogP contribution is 2.26. The Morgan fingerprint density at radius 1 is 1.46 bits per heavy atom. The zero-order valence-corrected chi connectivity index (χ0v) is 8.73. The van der Waals surface area contributed by atoms with E-state index in [0.29, 0.717) is 0 Å². The summed E-state index contributed by atoms with van der Waals surface area (Å²) in [5.41, 5.74) is 1.50. The molecule has 0 saturated heterocycles. The molecule has 70 valence electrons. The van der Waals surface area contributed by atoms with Crippen LogP contribution >= 0.6 is 11.9 Å². The van der Waals surface area contributed by atoms with Gasteiger partial charge >= 0.3 is 0 Å². The molecule has 0 saturated carbocycles. The summed E-state index contributed by atoms with van der Waals surface area (Å²) in [5, 5.41) is 0. The fourth-order valence-electron chi connectivity index (χ4n) is 1.68. The second kappa shape index (κ2) is 4.16. The Bertz CT molecular complexity index is 285. The van der Waals surface area contributed by atoms with Crippen LogP contribution in [0.15, 0.2) is 29.2 Å². The van der Waals surface area contributed by atoms with E-state index in [0.717, 1.165) is 12.5 Å². The van der Waals surface area contributed by atoms with Gasteiger partial charge < -0.3 is 0 Å². The maximum absolute atomic E-state index is 3.42. The van der Waals surface area contributed by atoms with Gasteiger partial charge in [-0.3, -0.25) is 4.72 Å². The molecule has 1 heterocycles. The van der Waals surface area contributed by atoms with Crippen LogP contribution in [0.25, 0.3) is 0 Å². The summed E-state index contributed by atoms with van der Waals surface area (Å²) in [4.78, 5) is 1.40. The highest BCUT2D eigenvalue weighted by molar-refractivity contribution is 7.97. The third-order valence-corrected chi connectivity index (χ3v) is 3.54. The first kappa shape index (κ1) is 9.10. The number of benzene rings is 1. The van der Waals surface area contributed by atoms with Crippen molar-refractivity contribution in [3.8, 4) is 0 Å². The minimum absolute atomic E-state index is 0.802. The van der Waals surface area contributed by atoms with Gasteiger partial charge in [0.25, 0.3) is 0 Å². The SMILES string of the molecule is CCC1CNSc2ccccc2C1. The van der Waals surface area contributed by atoms with E-state index in [1.54, 1.807) is 11.9 Å². The van der Waals surface area contributed by atoms with Crippen LogP contribution in [0.1, 0.15) is 18.9 Å². The average molecular weight is 193 g/mol. The number of rotatable bonds is 1. The van der Waals surface area contributed by atoms with Crippen molar-refractivity contribution in [3.63, 3.8) is 0 Å². The summed E-state index contributed by atoms with van der Waals surface area (Å²) in [6.07, 6.45) is 2.49. The van der Waals surface area contributed by atoms with Gasteiger partial charge in [-0.1, -0.05) is 31.5 Å². The summed E-state index contributed by atoms with van der Waals surface area (Å²) in [5.74, 6) is 0.802. The van der Waals surface area contributed by atoms with E-state index in [1.165, 1.54) is 23.3 Å². The summed E-state index contributed by atoms with van der Waals surface area (Å²) in [6.45, 7) is 3.40. The fraction of sp³-hybridized carbons (Fsp3) is 0.455. The second-order valence-electron chi connectivity index (χ2n) is 3.54. The van der Waals surface area contributed by atoms with Gasteiger partial charge in [0.1, 0.15) is 0 Å². The van der Waals surface area contributed by atoms with Gasteiger partial charge in [-0.15, -0.1) is 0 Å². The van der Waals surface area contributed by atoms with Crippen LogP contribution in [0.4, 0.5) is 0 Å². The Balaban J connectivity index is 2.23. The van der Waals surface area contributed by atoms with Gasteiger partial charge in [-0.25, -0.2) is 0 Å². The quantitative estimate of drug-likeness (QED) is 0.688. The molecule has 0 fully saturated rings. The minimum atomic E-state index is 0.802. The zero-order valence-electron chi connectivity index (χ0n) is 7.92. The van der Waals surface area contributed by atoms with Gasteiger partial charge in [0.2, 0.25) is 0 Å². The predicted molar refractivity (Wildman–Crippen MR) is 57.8 cm³/mol. The third-order valence-electron chi connectivity index (χ3n) is 2.61. The number of fused-ring (bicyclic) bond motifs is 1. The highest BCUT2D eigenvalue weighted by Gasteiger charge is 2.14. The lowest BCUT2D eigenvalue weighted by Gasteiger charge is -2.10. The van der Waals surface area contributed by atoms with Crippen molar-refractivity contribution in [2.45, 2.75) is 24.7 Å². The Morgan fingerprint density at radius 2 is 2.31 bits per heavy atom. The lowest BCUT2D eigenvalue weighted by atomic mass is 9.97. The van der Waals surface area contributed by atoms with E-state index in [1.807, 2.05) is 0 Å². The molecular formula is C11H15NS. The van der Waals surface area contributed by atoms with E-state index in [9.17, 15) is 0 Å². The molecule has 0 aliphatic carbocycles. The molecule has 1 N–H and O–H groups in total. The molecule has 1 atom stereocenters. The monoisotopic (exact) mass is 193 g/mol. The Labute approximate surface area is 84.1 Å². The highest BCUT2D eigenvalue weighted by atomic mass is 32.2. The van der Waals surface area contributed by atoms with Gasteiger partial charge in [0, 0.05) is 11.4 Å². The minimum Gasteiger partial charge on any atom is -0.260 e. The van der Waals surface area contributed by atoms with Crippen molar-refractivity contribution >= 4 is 11.9 Å². The van der Waals surface area contributed by atoms with Crippen molar-refractivity contribution in [1.82, 2.24) is 4.72 Å². The molecular weight excluding hydrogens is 178 g/mol. The molecule has 1 aliphatic heterocycles. The molecule has 0 spiro atoms. The molecule has 2 rings (SSSR count). The standard InChI is InChI=1S/C11H15NS/c1-2-9-7-10-5-3-4-6-11(10)13-12-8-9/h3-6,9,12H,2,7-8H2,1H3. The Morgan fingerprint density at radius 3 is 3.15 bits per heavy atom. The molecule has 1 aromatic carbocycles.